The molecule has 1 aliphatic heterocycles. The number of hydrogen-bond acceptors (Lipinski definition) is 5. The normalized spacial score (nSPS) is 13.5. The summed E-state index contributed by atoms with van der Waals surface area (Å²) in [6.07, 6.45) is 13.1. The van der Waals surface area contributed by atoms with Gasteiger partial charge in [-0.2, -0.15) is 5.10 Å². The number of pyridine rings is 2. The Bertz CT molecular complexity index is 1220. The van der Waals surface area contributed by atoms with Crippen molar-refractivity contribution in [3.05, 3.63) is 96.5 Å². The van der Waals surface area contributed by atoms with Crippen molar-refractivity contribution < 1.29 is 0 Å². The maximum atomic E-state index is 6.04. The zero-order valence-electron chi connectivity index (χ0n) is 14.7. The molecule has 5 rings (SSSR count). The van der Waals surface area contributed by atoms with Crippen molar-refractivity contribution in [2.75, 3.05) is 5.01 Å². The van der Waals surface area contributed by atoms with Gasteiger partial charge in [-0.05, 0) is 36.4 Å². The molecule has 4 aromatic rings. The number of rotatable bonds is 3. The Morgan fingerprint density at radius 2 is 1.96 bits per heavy atom. The van der Waals surface area contributed by atoms with E-state index in [1.54, 1.807) is 24.7 Å². The van der Waals surface area contributed by atoms with E-state index in [1.807, 2.05) is 64.6 Å². The van der Waals surface area contributed by atoms with Crippen LogP contribution < -0.4 is 10.4 Å². The second kappa shape index (κ2) is 6.83. The molecule has 0 radical (unpaired) electrons. The van der Waals surface area contributed by atoms with Crippen molar-refractivity contribution in [2.24, 2.45) is 0 Å². The third kappa shape index (κ3) is 2.90. The molecule has 0 spiro atoms. The number of hydrogen-bond donors (Lipinski definition) is 1. The van der Waals surface area contributed by atoms with Gasteiger partial charge in [-0.15, -0.1) is 0 Å². The number of fused-ring (bicyclic) bond motifs is 1. The molecule has 0 fully saturated rings. The first-order chi connectivity index (χ1) is 13.8. The van der Waals surface area contributed by atoms with Gasteiger partial charge in [-0.25, -0.2) is 9.67 Å². The quantitative estimate of drug-likeness (QED) is 0.530. The summed E-state index contributed by atoms with van der Waals surface area (Å²) in [5, 5.41) is 9.06. The Morgan fingerprint density at radius 1 is 1.00 bits per heavy atom. The molecule has 0 unspecified atom stereocenters. The largest absolute Gasteiger partial charge is 0.292 e. The zero-order chi connectivity index (χ0) is 18.9. The molecule has 0 bridgehead atoms. The smallest absolute Gasteiger partial charge is 0.131 e. The van der Waals surface area contributed by atoms with Crippen molar-refractivity contribution in [1.29, 1.82) is 0 Å². The minimum atomic E-state index is 0.443. The molecule has 1 aliphatic rings. The summed E-state index contributed by atoms with van der Waals surface area (Å²) in [5.74, 6) is 0. The van der Waals surface area contributed by atoms with Gasteiger partial charge in [-0.3, -0.25) is 15.4 Å². The first-order valence-electron chi connectivity index (χ1n) is 8.73. The van der Waals surface area contributed by atoms with Crippen LogP contribution in [-0.4, -0.2) is 19.7 Å². The molecule has 0 saturated heterocycles. The summed E-state index contributed by atoms with van der Waals surface area (Å²) < 4.78 is 1.93. The molecule has 3 aromatic heterocycles. The van der Waals surface area contributed by atoms with Crippen LogP contribution in [-0.2, 0) is 0 Å². The number of halogens is 1. The third-order valence-corrected chi connectivity index (χ3v) is 4.74. The van der Waals surface area contributed by atoms with Gasteiger partial charge < -0.3 is 0 Å². The number of benzene rings is 1. The standard InChI is InChI=1S/C21H15ClN6/c22-21-13-16(6-10-24-21)27-12-2-4-18(26-27)20-8-11-25-28(20)19-5-1-3-15-14-23-9-7-17(15)19/h1-14,26H. The Balaban J connectivity index is 1.54. The monoisotopic (exact) mass is 386 g/mol. The number of nitrogens with zero attached hydrogens (tertiary/aromatic N) is 5. The molecule has 136 valence electrons. The highest BCUT2D eigenvalue weighted by Gasteiger charge is 2.16. The van der Waals surface area contributed by atoms with E-state index < -0.39 is 0 Å². The van der Waals surface area contributed by atoms with Gasteiger partial charge in [0.1, 0.15) is 5.15 Å². The van der Waals surface area contributed by atoms with E-state index in [1.165, 1.54) is 0 Å². The lowest BCUT2D eigenvalue weighted by molar-refractivity contribution is 0.830. The number of anilines is 1. The molecule has 0 saturated carbocycles. The van der Waals surface area contributed by atoms with Crippen LogP contribution in [0.4, 0.5) is 5.69 Å². The number of aromatic nitrogens is 4. The van der Waals surface area contributed by atoms with Gasteiger partial charge in [0.25, 0.3) is 0 Å². The summed E-state index contributed by atoms with van der Waals surface area (Å²) in [6.45, 7) is 0. The Labute approximate surface area is 166 Å². The second-order valence-corrected chi connectivity index (χ2v) is 6.63. The highest BCUT2D eigenvalue weighted by molar-refractivity contribution is 6.29. The highest BCUT2D eigenvalue weighted by atomic mass is 35.5. The van der Waals surface area contributed by atoms with Gasteiger partial charge in [-0.1, -0.05) is 23.7 Å². The molecule has 0 amide bonds. The van der Waals surface area contributed by atoms with Gasteiger partial charge in [0.05, 0.1) is 29.0 Å². The van der Waals surface area contributed by atoms with Gasteiger partial charge >= 0.3 is 0 Å². The summed E-state index contributed by atoms with van der Waals surface area (Å²) in [6, 6.07) is 13.8. The average Bonchev–Trinajstić information content (AvgIpc) is 3.23. The van der Waals surface area contributed by atoms with Crippen molar-refractivity contribution in [3.8, 4) is 5.69 Å². The molecule has 4 heterocycles. The van der Waals surface area contributed by atoms with E-state index in [-0.39, 0.29) is 0 Å². The predicted molar refractivity (Wildman–Crippen MR) is 111 cm³/mol. The van der Waals surface area contributed by atoms with Gasteiger partial charge in [0.2, 0.25) is 0 Å². The lowest BCUT2D eigenvalue weighted by atomic mass is 10.1. The minimum absolute atomic E-state index is 0.443. The van der Waals surface area contributed by atoms with Crippen LogP contribution >= 0.6 is 11.6 Å². The lowest BCUT2D eigenvalue weighted by Crippen LogP contribution is -2.34. The minimum Gasteiger partial charge on any atom is -0.292 e. The lowest BCUT2D eigenvalue weighted by Gasteiger charge is -2.27. The topological polar surface area (TPSA) is 58.9 Å². The zero-order valence-corrected chi connectivity index (χ0v) is 15.5. The van der Waals surface area contributed by atoms with Crippen LogP contribution in [0.5, 0.6) is 0 Å². The average molecular weight is 387 g/mol. The maximum absolute atomic E-state index is 6.04. The van der Waals surface area contributed by atoms with E-state index >= 15 is 0 Å². The number of nitrogens with one attached hydrogen (secondary N) is 1. The fourth-order valence-electron chi connectivity index (χ4n) is 3.25. The predicted octanol–water partition coefficient (Wildman–Crippen LogP) is 4.35. The van der Waals surface area contributed by atoms with Crippen molar-refractivity contribution >= 4 is 33.8 Å². The molecule has 1 aromatic carbocycles. The molecule has 0 aliphatic carbocycles. The Hall–Kier alpha value is -3.64. The van der Waals surface area contributed by atoms with E-state index in [0.29, 0.717) is 5.15 Å². The Kier molecular flexibility index (Phi) is 4.03. The summed E-state index contributed by atoms with van der Waals surface area (Å²) >= 11 is 6.04. The fraction of sp³-hybridized carbons (Fsp3) is 0. The van der Waals surface area contributed by atoms with Gasteiger partial charge in [0.15, 0.2) is 0 Å². The van der Waals surface area contributed by atoms with E-state index in [2.05, 4.69) is 26.6 Å². The van der Waals surface area contributed by atoms with E-state index in [9.17, 15) is 0 Å². The fourth-order valence-corrected chi connectivity index (χ4v) is 3.42. The SMILES string of the molecule is Clc1cc(N2C=CC=C(c3ccnn3-c3cccc4cnccc34)N2)ccn1. The second-order valence-electron chi connectivity index (χ2n) is 6.24. The van der Waals surface area contributed by atoms with Crippen LogP contribution in [0.15, 0.2) is 85.6 Å². The molecular weight excluding hydrogens is 372 g/mol. The van der Waals surface area contributed by atoms with Crippen molar-refractivity contribution in [2.45, 2.75) is 0 Å². The Morgan fingerprint density at radius 3 is 2.89 bits per heavy atom. The van der Waals surface area contributed by atoms with Crippen LogP contribution in [0, 0.1) is 0 Å². The number of hydrazine groups is 1. The summed E-state index contributed by atoms with van der Waals surface area (Å²) in [4.78, 5) is 8.25. The molecule has 7 heteroatoms. The highest BCUT2D eigenvalue weighted by Crippen LogP contribution is 2.26. The summed E-state index contributed by atoms with van der Waals surface area (Å²) in [7, 11) is 0. The first kappa shape index (κ1) is 16.5. The van der Waals surface area contributed by atoms with E-state index in [0.717, 1.165) is 33.5 Å². The first-order valence-corrected chi connectivity index (χ1v) is 9.11. The van der Waals surface area contributed by atoms with Crippen molar-refractivity contribution in [3.63, 3.8) is 0 Å². The van der Waals surface area contributed by atoms with Gasteiger partial charge in [0, 0.05) is 41.6 Å². The van der Waals surface area contributed by atoms with E-state index in [4.69, 9.17) is 11.6 Å². The number of allylic oxidation sites excluding steroid dienone is 2. The molecule has 1 N–H and O–H groups in total. The van der Waals surface area contributed by atoms with Crippen LogP contribution in [0.3, 0.4) is 0 Å². The van der Waals surface area contributed by atoms with Crippen LogP contribution in [0.1, 0.15) is 5.69 Å². The maximum Gasteiger partial charge on any atom is 0.131 e. The van der Waals surface area contributed by atoms with Crippen molar-refractivity contribution in [1.82, 2.24) is 25.2 Å². The summed E-state index contributed by atoms with van der Waals surface area (Å²) in [5.41, 5.74) is 7.15. The molecule has 0 atom stereocenters. The third-order valence-electron chi connectivity index (χ3n) is 4.53. The van der Waals surface area contributed by atoms with Crippen LogP contribution in [0.25, 0.3) is 22.2 Å². The molecular formula is C21H15ClN6. The van der Waals surface area contributed by atoms with Crippen LogP contribution in [0.2, 0.25) is 5.15 Å². The molecule has 28 heavy (non-hydrogen) atoms. The molecule has 6 nitrogen and oxygen atoms in total.